The molecular formula is C16H22N2S. The minimum Gasteiger partial charge on any atom is -0.329 e. The Labute approximate surface area is 119 Å². The van der Waals surface area contributed by atoms with Crippen molar-refractivity contribution in [2.45, 2.75) is 26.4 Å². The van der Waals surface area contributed by atoms with Gasteiger partial charge in [-0.2, -0.15) is 11.3 Å². The summed E-state index contributed by atoms with van der Waals surface area (Å²) >= 11 is 1.74. The zero-order valence-corrected chi connectivity index (χ0v) is 12.7. The largest absolute Gasteiger partial charge is 0.329 e. The quantitative estimate of drug-likeness (QED) is 0.904. The summed E-state index contributed by atoms with van der Waals surface area (Å²) in [4.78, 5) is 2.33. The number of thiophene rings is 1. The maximum absolute atomic E-state index is 6.00. The number of hydrogen-bond donors (Lipinski definition) is 1. The molecule has 102 valence electrons. The number of rotatable bonds is 5. The Morgan fingerprint density at radius 1 is 1.26 bits per heavy atom. The average Bonchev–Trinajstić information content (AvgIpc) is 2.85. The standard InChI is InChI=1S/C16H22N2S/c1-12-4-5-15(13(2)8-12)16(9-17)18(3)10-14-6-7-19-11-14/h4-8,11,16H,9-10,17H2,1-3H3. The Balaban J connectivity index is 2.18. The van der Waals surface area contributed by atoms with Crippen molar-refractivity contribution >= 4 is 11.3 Å². The molecule has 0 aliphatic rings. The van der Waals surface area contributed by atoms with Gasteiger partial charge in [0.1, 0.15) is 0 Å². The molecule has 1 unspecified atom stereocenters. The first-order valence-corrected chi connectivity index (χ1v) is 7.54. The van der Waals surface area contributed by atoms with Crippen molar-refractivity contribution in [3.05, 3.63) is 57.3 Å². The Hall–Kier alpha value is -1.16. The van der Waals surface area contributed by atoms with Crippen molar-refractivity contribution in [2.24, 2.45) is 5.73 Å². The van der Waals surface area contributed by atoms with Gasteiger partial charge in [0.25, 0.3) is 0 Å². The molecule has 1 atom stereocenters. The van der Waals surface area contributed by atoms with Crippen LogP contribution in [0.15, 0.2) is 35.0 Å². The normalized spacial score (nSPS) is 12.9. The van der Waals surface area contributed by atoms with Crippen LogP contribution in [0.3, 0.4) is 0 Å². The first-order chi connectivity index (χ1) is 9.11. The van der Waals surface area contributed by atoms with Crippen molar-refractivity contribution in [1.82, 2.24) is 4.90 Å². The molecule has 1 heterocycles. The Morgan fingerprint density at radius 3 is 2.63 bits per heavy atom. The molecule has 2 N–H and O–H groups in total. The average molecular weight is 274 g/mol. The second-order valence-corrected chi connectivity index (χ2v) is 5.94. The lowest BCUT2D eigenvalue weighted by Gasteiger charge is -2.28. The van der Waals surface area contributed by atoms with E-state index in [0.717, 1.165) is 6.54 Å². The van der Waals surface area contributed by atoms with Crippen LogP contribution in [0.1, 0.15) is 28.3 Å². The number of benzene rings is 1. The van der Waals surface area contributed by atoms with Crippen LogP contribution in [0.4, 0.5) is 0 Å². The monoisotopic (exact) mass is 274 g/mol. The number of aryl methyl sites for hydroxylation is 2. The van der Waals surface area contributed by atoms with Crippen LogP contribution < -0.4 is 5.73 Å². The zero-order valence-electron chi connectivity index (χ0n) is 11.9. The molecule has 2 aromatic rings. The Morgan fingerprint density at radius 2 is 2.05 bits per heavy atom. The van der Waals surface area contributed by atoms with Crippen molar-refractivity contribution in [3.63, 3.8) is 0 Å². The van der Waals surface area contributed by atoms with Crippen LogP contribution in [-0.2, 0) is 6.54 Å². The molecule has 0 radical (unpaired) electrons. The van der Waals surface area contributed by atoms with Crippen molar-refractivity contribution in [2.75, 3.05) is 13.6 Å². The number of nitrogens with two attached hydrogens (primary N) is 1. The first kappa shape index (κ1) is 14.3. The topological polar surface area (TPSA) is 29.3 Å². The van der Waals surface area contributed by atoms with E-state index in [4.69, 9.17) is 5.73 Å². The molecule has 0 bridgehead atoms. The summed E-state index contributed by atoms with van der Waals surface area (Å²) in [7, 11) is 2.15. The molecule has 19 heavy (non-hydrogen) atoms. The van der Waals surface area contributed by atoms with Crippen molar-refractivity contribution in [3.8, 4) is 0 Å². The van der Waals surface area contributed by atoms with E-state index < -0.39 is 0 Å². The van der Waals surface area contributed by atoms with E-state index in [0.29, 0.717) is 6.54 Å². The highest BCUT2D eigenvalue weighted by Crippen LogP contribution is 2.24. The fourth-order valence-electron chi connectivity index (χ4n) is 2.52. The third-order valence-corrected chi connectivity index (χ3v) is 4.28. The van der Waals surface area contributed by atoms with Gasteiger partial charge in [-0.05, 0) is 54.4 Å². The van der Waals surface area contributed by atoms with Crippen LogP contribution in [0.5, 0.6) is 0 Å². The van der Waals surface area contributed by atoms with Gasteiger partial charge in [-0.25, -0.2) is 0 Å². The predicted molar refractivity (Wildman–Crippen MR) is 83.5 cm³/mol. The van der Waals surface area contributed by atoms with Gasteiger partial charge in [0.15, 0.2) is 0 Å². The van der Waals surface area contributed by atoms with Crippen LogP contribution in [0, 0.1) is 13.8 Å². The molecule has 0 spiro atoms. The summed E-state index contributed by atoms with van der Waals surface area (Å²) in [5.74, 6) is 0. The molecule has 1 aromatic carbocycles. The van der Waals surface area contributed by atoms with E-state index in [1.165, 1.54) is 22.3 Å². The van der Waals surface area contributed by atoms with Gasteiger partial charge in [0.2, 0.25) is 0 Å². The molecule has 1 aromatic heterocycles. The predicted octanol–water partition coefficient (Wildman–Crippen LogP) is 3.50. The van der Waals surface area contributed by atoms with E-state index >= 15 is 0 Å². The minimum absolute atomic E-state index is 0.278. The van der Waals surface area contributed by atoms with E-state index in [-0.39, 0.29) is 6.04 Å². The van der Waals surface area contributed by atoms with Crippen molar-refractivity contribution in [1.29, 1.82) is 0 Å². The summed E-state index contributed by atoms with van der Waals surface area (Å²) in [6, 6.07) is 9.07. The molecular weight excluding hydrogens is 252 g/mol. The molecule has 0 aliphatic carbocycles. The summed E-state index contributed by atoms with van der Waals surface area (Å²) in [6.45, 7) is 5.88. The second kappa shape index (κ2) is 6.33. The molecule has 0 saturated heterocycles. The van der Waals surface area contributed by atoms with Gasteiger partial charge in [-0.3, -0.25) is 4.90 Å². The van der Waals surface area contributed by atoms with Gasteiger partial charge in [-0.1, -0.05) is 23.8 Å². The lowest BCUT2D eigenvalue weighted by molar-refractivity contribution is 0.241. The van der Waals surface area contributed by atoms with Gasteiger partial charge >= 0.3 is 0 Å². The van der Waals surface area contributed by atoms with Gasteiger partial charge < -0.3 is 5.73 Å². The molecule has 0 aliphatic heterocycles. The number of hydrogen-bond acceptors (Lipinski definition) is 3. The zero-order chi connectivity index (χ0) is 13.8. The van der Waals surface area contributed by atoms with E-state index in [1.54, 1.807) is 11.3 Å². The lowest BCUT2D eigenvalue weighted by Crippen LogP contribution is -2.30. The molecule has 0 fully saturated rings. The van der Waals surface area contributed by atoms with E-state index in [2.05, 4.69) is 60.8 Å². The van der Waals surface area contributed by atoms with Crippen LogP contribution in [-0.4, -0.2) is 18.5 Å². The fraction of sp³-hybridized carbons (Fsp3) is 0.375. The molecule has 3 heteroatoms. The SMILES string of the molecule is Cc1ccc(C(CN)N(C)Cc2ccsc2)c(C)c1. The van der Waals surface area contributed by atoms with E-state index in [1.807, 2.05) is 0 Å². The van der Waals surface area contributed by atoms with E-state index in [9.17, 15) is 0 Å². The molecule has 2 nitrogen and oxygen atoms in total. The lowest BCUT2D eigenvalue weighted by atomic mass is 9.98. The third kappa shape index (κ3) is 3.44. The molecule has 0 amide bonds. The minimum atomic E-state index is 0.278. The highest BCUT2D eigenvalue weighted by atomic mass is 32.1. The summed E-state index contributed by atoms with van der Waals surface area (Å²) in [5.41, 5.74) is 11.3. The van der Waals surface area contributed by atoms with Crippen LogP contribution in [0.25, 0.3) is 0 Å². The van der Waals surface area contributed by atoms with Crippen LogP contribution in [0.2, 0.25) is 0 Å². The first-order valence-electron chi connectivity index (χ1n) is 6.60. The molecule has 0 saturated carbocycles. The van der Waals surface area contributed by atoms with Crippen LogP contribution >= 0.6 is 11.3 Å². The summed E-state index contributed by atoms with van der Waals surface area (Å²) in [6.07, 6.45) is 0. The maximum atomic E-state index is 6.00. The number of nitrogens with zero attached hydrogens (tertiary/aromatic N) is 1. The smallest absolute Gasteiger partial charge is 0.0473 e. The second-order valence-electron chi connectivity index (χ2n) is 5.16. The van der Waals surface area contributed by atoms with Gasteiger partial charge in [0.05, 0.1) is 0 Å². The Kier molecular flexibility index (Phi) is 4.75. The summed E-state index contributed by atoms with van der Waals surface area (Å²) in [5, 5.41) is 4.32. The third-order valence-electron chi connectivity index (χ3n) is 3.55. The molecule has 2 rings (SSSR count). The highest BCUT2D eigenvalue weighted by Gasteiger charge is 2.17. The Bertz CT molecular complexity index is 520. The fourth-order valence-corrected chi connectivity index (χ4v) is 3.18. The van der Waals surface area contributed by atoms with Gasteiger partial charge in [0, 0.05) is 19.1 Å². The maximum Gasteiger partial charge on any atom is 0.0473 e. The van der Waals surface area contributed by atoms with Gasteiger partial charge in [-0.15, -0.1) is 0 Å². The number of likely N-dealkylation sites (N-methyl/N-ethyl adjacent to an activating group) is 1. The summed E-state index contributed by atoms with van der Waals surface area (Å²) < 4.78 is 0. The highest BCUT2D eigenvalue weighted by molar-refractivity contribution is 7.07. The van der Waals surface area contributed by atoms with Crippen molar-refractivity contribution < 1.29 is 0 Å².